The van der Waals surface area contributed by atoms with Gasteiger partial charge in [-0.15, -0.1) is 0 Å². The summed E-state index contributed by atoms with van der Waals surface area (Å²) in [6, 6.07) is 1.69. The van der Waals surface area contributed by atoms with Gasteiger partial charge in [-0.05, 0) is 20.8 Å². The first-order chi connectivity index (χ1) is 11.5. The lowest BCUT2D eigenvalue weighted by Gasteiger charge is -2.43. The molecule has 0 N–H and O–H groups in total. The van der Waals surface area contributed by atoms with Crippen LogP contribution < -0.4 is 4.90 Å². The molecule has 0 radical (unpaired) electrons. The first-order valence-electron chi connectivity index (χ1n) is 8.12. The molecule has 8 heteroatoms. The van der Waals surface area contributed by atoms with E-state index in [9.17, 15) is 4.79 Å². The van der Waals surface area contributed by atoms with Crippen LogP contribution in [0.25, 0.3) is 5.65 Å². The van der Waals surface area contributed by atoms with E-state index in [-0.39, 0.29) is 6.10 Å². The molecule has 1 amide bonds. The minimum absolute atomic E-state index is 0.235. The van der Waals surface area contributed by atoms with Gasteiger partial charge in [-0.2, -0.15) is 5.10 Å². The third-order valence-corrected chi connectivity index (χ3v) is 4.57. The van der Waals surface area contributed by atoms with Crippen LogP contribution >= 0.6 is 11.6 Å². The number of aromatic nitrogens is 3. The summed E-state index contributed by atoms with van der Waals surface area (Å²) < 4.78 is 12.9. The van der Waals surface area contributed by atoms with Gasteiger partial charge < -0.3 is 9.47 Å². The van der Waals surface area contributed by atoms with Crippen molar-refractivity contribution >= 4 is 29.0 Å². The van der Waals surface area contributed by atoms with Crippen molar-refractivity contribution < 1.29 is 14.3 Å². The Balaban J connectivity index is 2.19. The maximum Gasteiger partial charge on any atom is 0.415 e. The van der Waals surface area contributed by atoms with E-state index >= 15 is 0 Å². The molecule has 25 heavy (non-hydrogen) atoms. The lowest BCUT2D eigenvalue weighted by atomic mass is 9.79. The van der Waals surface area contributed by atoms with Crippen molar-refractivity contribution in [3.8, 4) is 0 Å². The van der Waals surface area contributed by atoms with Gasteiger partial charge in [0.1, 0.15) is 5.60 Å². The fourth-order valence-electron chi connectivity index (χ4n) is 3.20. The SMILES string of the molecule is COC1CN(C(=O)OC(C)(C)C)c2cnc3cc(Cl)nn3c2C1(C)C. The Morgan fingerprint density at radius 1 is 1.40 bits per heavy atom. The summed E-state index contributed by atoms with van der Waals surface area (Å²) in [6.45, 7) is 9.99. The normalized spacial score (nSPS) is 19.8. The summed E-state index contributed by atoms with van der Waals surface area (Å²) in [5.41, 5.74) is 1.09. The van der Waals surface area contributed by atoms with E-state index in [1.807, 2.05) is 20.8 Å². The number of nitrogens with zero attached hydrogens (tertiary/aromatic N) is 4. The topological polar surface area (TPSA) is 69.0 Å². The number of methoxy groups -OCH3 is 1. The largest absolute Gasteiger partial charge is 0.443 e. The molecule has 0 aromatic carbocycles. The summed E-state index contributed by atoms with van der Waals surface area (Å²) in [5.74, 6) is 0. The molecule has 3 rings (SSSR count). The molecule has 2 aromatic rings. The van der Waals surface area contributed by atoms with E-state index in [4.69, 9.17) is 21.1 Å². The first-order valence-corrected chi connectivity index (χ1v) is 8.50. The van der Waals surface area contributed by atoms with Gasteiger partial charge >= 0.3 is 6.09 Å². The van der Waals surface area contributed by atoms with E-state index in [1.54, 1.807) is 28.8 Å². The van der Waals surface area contributed by atoms with Crippen molar-refractivity contribution in [3.05, 3.63) is 23.1 Å². The Morgan fingerprint density at radius 2 is 2.08 bits per heavy atom. The number of hydrogen-bond acceptors (Lipinski definition) is 5. The molecule has 1 atom stereocenters. The number of carbonyl (C=O) groups is 1. The summed E-state index contributed by atoms with van der Waals surface area (Å²) >= 11 is 6.07. The molecule has 136 valence electrons. The quantitative estimate of drug-likeness (QED) is 0.773. The molecule has 0 spiro atoms. The van der Waals surface area contributed by atoms with Crippen LogP contribution in [0.15, 0.2) is 12.3 Å². The fourth-order valence-corrected chi connectivity index (χ4v) is 3.37. The van der Waals surface area contributed by atoms with Crippen LogP contribution in [0.3, 0.4) is 0 Å². The fraction of sp³-hybridized carbons (Fsp3) is 0.588. The molecule has 0 aliphatic carbocycles. The van der Waals surface area contributed by atoms with Crippen LogP contribution in [-0.2, 0) is 14.9 Å². The molecular formula is C17H23ClN4O3. The predicted octanol–water partition coefficient (Wildman–Crippen LogP) is 3.43. The van der Waals surface area contributed by atoms with Crippen LogP contribution in [0.5, 0.6) is 0 Å². The van der Waals surface area contributed by atoms with Crippen molar-refractivity contribution in [2.75, 3.05) is 18.6 Å². The highest BCUT2D eigenvalue weighted by molar-refractivity contribution is 6.29. The molecule has 3 heterocycles. The lowest BCUT2D eigenvalue weighted by molar-refractivity contribution is 0.0314. The van der Waals surface area contributed by atoms with Crippen molar-refractivity contribution in [3.63, 3.8) is 0 Å². The third-order valence-electron chi connectivity index (χ3n) is 4.39. The zero-order valence-electron chi connectivity index (χ0n) is 15.3. The van der Waals surface area contributed by atoms with Crippen molar-refractivity contribution in [1.82, 2.24) is 14.6 Å². The maximum absolute atomic E-state index is 12.8. The first kappa shape index (κ1) is 17.9. The number of fused-ring (bicyclic) bond motifs is 3. The Morgan fingerprint density at radius 3 is 2.68 bits per heavy atom. The number of halogens is 1. The smallest absolute Gasteiger partial charge is 0.415 e. The summed E-state index contributed by atoms with van der Waals surface area (Å²) in [4.78, 5) is 18.7. The molecule has 1 aliphatic rings. The van der Waals surface area contributed by atoms with Gasteiger partial charge in [-0.25, -0.2) is 14.3 Å². The minimum atomic E-state index is -0.598. The molecule has 2 aromatic heterocycles. The van der Waals surface area contributed by atoms with Crippen molar-refractivity contribution in [1.29, 1.82) is 0 Å². The highest BCUT2D eigenvalue weighted by atomic mass is 35.5. The molecule has 1 aliphatic heterocycles. The average molecular weight is 367 g/mol. The molecule has 0 fully saturated rings. The molecule has 1 unspecified atom stereocenters. The molecule has 7 nitrogen and oxygen atoms in total. The van der Waals surface area contributed by atoms with E-state index < -0.39 is 17.1 Å². The molecular weight excluding hydrogens is 344 g/mol. The minimum Gasteiger partial charge on any atom is -0.443 e. The zero-order valence-corrected chi connectivity index (χ0v) is 16.1. The second-order valence-electron chi connectivity index (χ2n) is 7.77. The number of carbonyl (C=O) groups excluding carboxylic acids is 1. The van der Waals surface area contributed by atoms with Gasteiger partial charge in [0.05, 0.1) is 30.2 Å². The van der Waals surface area contributed by atoms with Gasteiger partial charge in [-0.3, -0.25) is 4.90 Å². The highest BCUT2D eigenvalue weighted by Gasteiger charge is 2.45. The Hall–Kier alpha value is -1.86. The van der Waals surface area contributed by atoms with Gasteiger partial charge in [-0.1, -0.05) is 25.4 Å². The Kier molecular flexibility index (Phi) is 4.20. The molecule has 0 saturated carbocycles. The third kappa shape index (κ3) is 3.06. The Bertz CT molecular complexity index is 825. The summed E-state index contributed by atoms with van der Waals surface area (Å²) in [7, 11) is 1.64. The van der Waals surface area contributed by atoms with Crippen LogP contribution in [0.4, 0.5) is 10.5 Å². The van der Waals surface area contributed by atoms with Crippen LogP contribution in [-0.4, -0.2) is 46.1 Å². The number of ether oxygens (including phenoxy) is 2. The van der Waals surface area contributed by atoms with Gasteiger partial charge in [0.25, 0.3) is 0 Å². The number of amides is 1. The van der Waals surface area contributed by atoms with E-state index in [2.05, 4.69) is 23.9 Å². The summed E-state index contributed by atoms with van der Waals surface area (Å²) in [5, 5.41) is 4.69. The highest BCUT2D eigenvalue weighted by Crippen LogP contribution is 2.41. The van der Waals surface area contributed by atoms with Crippen molar-refractivity contribution in [2.45, 2.75) is 51.7 Å². The second-order valence-corrected chi connectivity index (χ2v) is 8.15. The monoisotopic (exact) mass is 366 g/mol. The van der Waals surface area contributed by atoms with Crippen LogP contribution in [0, 0.1) is 0 Å². The second kappa shape index (κ2) is 5.85. The standard InChI is InChI=1S/C17H23ClN4O3/c1-16(2,3)25-15(23)21-9-11(24-6)17(4,5)14-10(21)8-19-13-7-12(18)20-22(13)14/h7-8,11H,9H2,1-6H3. The van der Waals surface area contributed by atoms with E-state index in [0.29, 0.717) is 23.0 Å². The maximum atomic E-state index is 12.8. The van der Waals surface area contributed by atoms with Crippen molar-refractivity contribution in [2.24, 2.45) is 0 Å². The number of hydrogen-bond donors (Lipinski definition) is 0. The predicted molar refractivity (Wildman–Crippen MR) is 95.4 cm³/mol. The lowest BCUT2D eigenvalue weighted by Crippen LogP contribution is -2.53. The van der Waals surface area contributed by atoms with E-state index in [1.165, 1.54) is 0 Å². The van der Waals surface area contributed by atoms with Gasteiger partial charge in [0.2, 0.25) is 0 Å². The van der Waals surface area contributed by atoms with Crippen LogP contribution in [0.1, 0.15) is 40.3 Å². The number of rotatable bonds is 1. The van der Waals surface area contributed by atoms with Crippen LogP contribution in [0.2, 0.25) is 5.15 Å². The zero-order chi connectivity index (χ0) is 18.6. The molecule has 0 saturated heterocycles. The summed E-state index contributed by atoms with van der Waals surface area (Å²) in [6.07, 6.45) is 0.993. The average Bonchev–Trinajstić information content (AvgIpc) is 2.84. The Labute approximate surface area is 151 Å². The van der Waals surface area contributed by atoms with Gasteiger partial charge in [0, 0.05) is 18.6 Å². The number of anilines is 1. The van der Waals surface area contributed by atoms with Gasteiger partial charge in [0.15, 0.2) is 10.8 Å². The van der Waals surface area contributed by atoms with E-state index in [0.717, 1.165) is 5.69 Å². The molecule has 0 bridgehead atoms.